The van der Waals surface area contributed by atoms with Gasteiger partial charge >= 0.3 is 0 Å². The van der Waals surface area contributed by atoms with E-state index in [0.717, 1.165) is 54.6 Å². The smallest absolute Gasteiger partial charge is 0.178 e. The summed E-state index contributed by atoms with van der Waals surface area (Å²) in [6.07, 6.45) is 0. The minimum Gasteiger partial charge on any atom is -0.495 e. The van der Waals surface area contributed by atoms with E-state index in [9.17, 15) is 0 Å². The molecule has 1 aliphatic rings. The highest BCUT2D eigenvalue weighted by atomic mass is 32.1. The Morgan fingerprint density at radius 2 is 2.04 bits per heavy atom. The maximum atomic E-state index is 5.56. The van der Waals surface area contributed by atoms with Gasteiger partial charge in [-0.25, -0.2) is 9.97 Å². The minimum absolute atomic E-state index is 0.489. The molecule has 0 atom stereocenters. The summed E-state index contributed by atoms with van der Waals surface area (Å²) in [5.41, 5.74) is 4.33. The Morgan fingerprint density at radius 1 is 1.22 bits per heavy atom. The number of hydrogen-bond donors (Lipinski definition) is 2. The van der Waals surface area contributed by atoms with E-state index in [0.29, 0.717) is 16.5 Å². The molecule has 0 bridgehead atoms. The van der Waals surface area contributed by atoms with Crippen LogP contribution in [0.3, 0.4) is 0 Å². The van der Waals surface area contributed by atoms with E-state index < -0.39 is 0 Å². The molecule has 27 heavy (non-hydrogen) atoms. The average Bonchev–Trinajstić information content (AvgIpc) is 3.12. The van der Waals surface area contributed by atoms with E-state index in [4.69, 9.17) is 21.7 Å². The molecule has 0 unspecified atom stereocenters. The predicted molar refractivity (Wildman–Crippen MR) is 110 cm³/mol. The van der Waals surface area contributed by atoms with Crippen molar-refractivity contribution in [1.82, 2.24) is 15.0 Å². The van der Waals surface area contributed by atoms with Crippen LogP contribution in [0.25, 0.3) is 11.2 Å². The molecule has 2 N–H and O–H groups in total. The molecule has 3 aromatic rings. The molecule has 7 nitrogen and oxygen atoms in total. The fourth-order valence-corrected chi connectivity index (χ4v) is 3.29. The van der Waals surface area contributed by atoms with E-state index in [1.54, 1.807) is 7.11 Å². The molecule has 1 aliphatic heterocycles. The zero-order valence-corrected chi connectivity index (χ0v) is 16.1. The molecule has 0 saturated carbocycles. The average molecular weight is 383 g/mol. The zero-order valence-electron chi connectivity index (χ0n) is 15.3. The monoisotopic (exact) mass is 383 g/mol. The van der Waals surface area contributed by atoms with Crippen LogP contribution < -0.4 is 15.0 Å². The molecule has 3 heterocycles. The van der Waals surface area contributed by atoms with Crippen molar-refractivity contribution in [2.24, 2.45) is 0 Å². The van der Waals surface area contributed by atoms with Gasteiger partial charge in [0.15, 0.2) is 11.5 Å². The minimum atomic E-state index is 0.489. The van der Waals surface area contributed by atoms with Crippen molar-refractivity contribution in [1.29, 1.82) is 0 Å². The summed E-state index contributed by atoms with van der Waals surface area (Å²) in [4.78, 5) is 14.9. The van der Waals surface area contributed by atoms with Crippen LogP contribution in [0.4, 0.5) is 11.4 Å². The number of rotatable bonds is 4. The number of ether oxygens (including phenoxy) is 2. The summed E-state index contributed by atoms with van der Waals surface area (Å²) in [7, 11) is 1.64. The van der Waals surface area contributed by atoms with Gasteiger partial charge in [0.05, 0.1) is 31.5 Å². The lowest BCUT2D eigenvalue weighted by atomic mass is 10.2. The number of aromatic amines is 1. The molecule has 0 spiro atoms. The number of nitrogens with one attached hydrogen (secondary N) is 2. The van der Waals surface area contributed by atoms with Crippen LogP contribution in [0.2, 0.25) is 0 Å². The van der Waals surface area contributed by atoms with Crippen LogP contribution in [-0.2, 0) is 4.74 Å². The Hall–Kier alpha value is -2.71. The van der Waals surface area contributed by atoms with Gasteiger partial charge in [-0.15, -0.1) is 0 Å². The quantitative estimate of drug-likeness (QED) is 0.671. The number of H-pyrrole nitrogens is 1. The van der Waals surface area contributed by atoms with E-state index >= 15 is 0 Å². The summed E-state index contributed by atoms with van der Waals surface area (Å²) in [5.74, 6) is 1.30. The number of benzene rings is 1. The van der Waals surface area contributed by atoms with Crippen LogP contribution in [0.15, 0.2) is 30.3 Å². The number of methoxy groups -OCH3 is 1. The first-order valence-corrected chi connectivity index (χ1v) is 9.20. The topological polar surface area (TPSA) is 75.3 Å². The van der Waals surface area contributed by atoms with Gasteiger partial charge in [-0.05, 0) is 37.3 Å². The number of fused-ring (bicyclic) bond motifs is 1. The summed E-state index contributed by atoms with van der Waals surface area (Å²) in [6.45, 7) is 5.14. The lowest BCUT2D eigenvalue weighted by Crippen LogP contribution is -2.36. The van der Waals surface area contributed by atoms with Gasteiger partial charge in [-0.3, -0.25) is 0 Å². The molecule has 2 aromatic heterocycles. The van der Waals surface area contributed by atoms with Gasteiger partial charge in [-0.1, -0.05) is 12.2 Å². The van der Waals surface area contributed by atoms with Crippen molar-refractivity contribution in [3.05, 3.63) is 41.9 Å². The zero-order chi connectivity index (χ0) is 18.8. The Labute approximate surface area is 162 Å². The molecule has 1 saturated heterocycles. The third-order valence-electron chi connectivity index (χ3n) is 4.51. The second-order valence-electron chi connectivity index (χ2n) is 6.35. The van der Waals surface area contributed by atoms with Gasteiger partial charge in [-0.2, -0.15) is 0 Å². The van der Waals surface area contributed by atoms with Gasteiger partial charge in [0.25, 0.3) is 0 Å². The van der Waals surface area contributed by atoms with Gasteiger partial charge in [0, 0.05) is 24.5 Å². The van der Waals surface area contributed by atoms with Crippen LogP contribution in [0, 0.1) is 6.92 Å². The summed E-state index contributed by atoms with van der Waals surface area (Å²) in [6, 6.07) is 9.93. The van der Waals surface area contributed by atoms with Crippen molar-refractivity contribution >= 4 is 39.7 Å². The molecule has 8 heteroatoms. The molecular formula is C19H21N5O2S. The molecular weight excluding hydrogens is 362 g/mol. The first kappa shape index (κ1) is 17.7. The van der Waals surface area contributed by atoms with Crippen LogP contribution in [-0.4, -0.2) is 53.4 Å². The number of aromatic nitrogens is 3. The second kappa shape index (κ2) is 7.50. The molecule has 0 amide bonds. The number of anilines is 2. The number of pyridine rings is 1. The van der Waals surface area contributed by atoms with Crippen molar-refractivity contribution in [2.45, 2.75) is 6.92 Å². The molecule has 140 valence electrons. The van der Waals surface area contributed by atoms with E-state index in [2.05, 4.69) is 25.2 Å². The Bertz CT molecular complexity index is 981. The Kier molecular flexibility index (Phi) is 4.91. The Balaban J connectivity index is 1.60. The van der Waals surface area contributed by atoms with Gasteiger partial charge in [0.1, 0.15) is 10.7 Å². The Morgan fingerprint density at radius 3 is 2.81 bits per heavy atom. The fraction of sp³-hybridized carbons (Fsp3) is 0.316. The van der Waals surface area contributed by atoms with Crippen LogP contribution >= 0.6 is 12.2 Å². The van der Waals surface area contributed by atoms with Crippen LogP contribution in [0.5, 0.6) is 5.75 Å². The molecule has 4 rings (SSSR count). The largest absolute Gasteiger partial charge is 0.495 e. The predicted octanol–water partition coefficient (Wildman–Crippen LogP) is 2.90. The number of aryl methyl sites for hydroxylation is 1. The summed E-state index contributed by atoms with van der Waals surface area (Å²) >= 11 is 5.56. The highest BCUT2D eigenvalue weighted by molar-refractivity contribution is 7.81. The third kappa shape index (κ3) is 3.72. The lowest BCUT2D eigenvalue weighted by Gasteiger charge is -2.29. The number of nitrogens with zero attached hydrogens (tertiary/aromatic N) is 3. The third-order valence-corrected chi connectivity index (χ3v) is 4.80. The highest BCUT2D eigenvalue weighted by Crippen LogP contribution is 2.30. The van der Waals surface area contributed by atoms with Crippen LogP contribution in [0.1, 0.15) is 11.5 Å². The van der Waals surface area contributed by atoms with E-state index in [1.165, 1.54) is 0 Å². The van der Waals surface area contributed by atoms with Crippen molar-refractivity contribution in [3.8, 4) is 5.75 Å². The first-order chi connectivity index (χ1) is 13.1. The summed E-state index contributed by atoms with van der Waals surface area (Å²) < 4.78 is 10.9. The number of morpholine rings is 1. The molecule has 0 aliphatic carbocycles. The lowest BCUT2D eigenvalue weighted by molar-refractivity contribution is 0.122. The molecule has 0 radical (unpaired) electrons. The van der Waals surface area contributed by atoms with Gasteiger partial charge < -0.3 is 24.7 Å². The number of hydrogen-bond acceptors (Lipinski definition) is 6. The summed E-state index contributed by atoms with van der Waals surface area (Å²) in [5, 5.41) is 3.26. The van der Waals surface area contributed by atoms with Crippen molar-refractivity contribution in [3.63, 3.8) is 0 Å². The number of thiocarbonyl (C=S) groups is 1. The molecule has 1 aromatic carbocycles. The van der Waals surface area contributed by atoms with Crippen molar-refractivity contribution < 1.29 is 9.47 Å². The maximum Gasteiger partial charge on any atom is 0.178 e. The SMILES string of the molecule is COc1ccc(N2CCOCC2)cc1NC(=S)c1nc2nc(C)ccc2[nH]1. The van der Waals surface area contributed by atoms with Gasteiger partial charge in [0.2, 0.25) is 0 Å². The first-order valence-electron chi connectivity index (χ1n) is 8.79. The number of imidazole rings is 1. The van der Waals surface area contributed by atoms with E-state index in [1.807, 2.05) is 37.3 Å². The fourth-order valence-electron chi connectivity index (χ4n) is 3.09. The second-order valence-corrected chi connectivity index (χ2v) is 6.76. The normalized spacial score (nSPS) is 14.4. The highest BCUT2D eigenvalue weighted by Gasteiger charge is 2.16. The van der Waals surface area contributed by atoms with E-state index in [-0.39, 0.29) is 0 Å². The standard InChI is InChI=1S/C19H21N5O2S/c1-12-3-5-14-17(20-12)23-18(21-14)19(27)22-15-11-13(4-6-16(15)25-2)24-7-9-26-10-8-24/h3-6,11H,7-10H2,1-2H3,(H,22,27)(H,20,21,23). The molecule has 1 fully saturated rings. The maximum absolute atomic E-state index is 5.56. The van der Waals surface area contributed by atoms with Crippen molar-refractivity contribution in [2.75, 3.05) is 43.6 Å².